The molecule has 1 N–H and O–H groups in total. The molecule has 0 spiro atoms. The summed E-state index contributed by atoms with van der Waals surface area (Å²) in [5.74, 6) is 0.316. The molecule has 1 heterocycles. The number of fused-ring (bicyclic) bond motifs is 1. The third-order valence-corrected chi connectivity index (χ3v) is 6.06. The van der Waals surface area contributed by atoms with Gasteiger partial charge in [-0.05, 0) is 37.0 Å². The van der Waals surface area contributed by atoms with E-state index in [-0.39, 0.29) is 22.3 Å². The van der Waals surface area contributed by atoms with E-state index >= 15 is 0 Å². The lowest BCUT2D eigenvalue weighted by Crippen LogP contribution is -2.22. The van der Waals surface area contributed by atoms with Crippen molar-refractivity contribution in [2.45, 2.75) is 24.2 Å². The maximum atomic E-state index is 12.6. The van der Waals surface area contributed by atoms with Crippen LogP contribution in [0.2, 0.25) is 5.02 Å². The summed E-state index contributed by atoms with van der Waals surface area (Å²) in [6.45, 7) is 0. The number of hydrogen-bond acceptors (Lipinski definition) is 3. The van der Waals surface area contributed by atoms with Crippen molar-refractivity contribution in [1.82, 2.24) is 4.98 Å². The van der Waals surface area contributed by atoms with Crippen molar-refractivity contribution < 1.29 is 13.2 Å². The first-order valence-corrected chi connectivity index (χ1v) is 8.53. The molecular weight excluding hydrogens is 298 g/mol. The van der Waals surface area contributed by atoms with Crippen LogP contribution in [0.25, 0.3) is 10.9 Å². The van der Waals surface area contributed by atoms with Crippen LogP contribution >= 0.6 is 11.6 Å². The number of H-pyrrole nitrogens is 1. The van der Waals surface area contributed by atoms with Crippen molar-refractivity contribution >= 4 is 38.6 Å². The number of nitrogens with one attached hydrogen (secondary N) is 1. The van der Waals surface area contributed by atoms with E-state index in [9.17, 15) is 13.2 Å². The molecule has 3 rings (SSSR count). The van der Waals surface area contributed by atoms with Crippen molar-refractivity contribution in [2.75, 3.05) is 5.75 Å². The summed E-state index contributed by atoms with van der Waals surface area (Å²) in [6.07, 6.45) is 3.53. The van der Waals surface area contributed by atoms with Crippen molar-refractivity contribution in [2.24, 2.45) is 5.92 Å². The van der Waals surface area contributed by atoms with Crippen LogP contribution in [0.15, 0.2) is 23.1 Å². The van der Waals surface area contributed by atoms with E-state index in [0.29, 0.717) is 22.2 Å². The molecule has 0 saturated heterocycles. The molecule has 0 radical (unpaired) electrons. The Morgan fingerprint density at radius 2 is 2.10 bits per heavy atom. The topological polar surface area (TPSA) is 67.0 Å². The number of carbonyl (C=O) groups is 1. The molecule has 0 bridgehead atoms. The van der Waals surface area contributed by atoms with E-state index in [1.807, 2.05) is 0 Å². The zero-order valence-electron chi connectivity index (χ0n) is 10.7. The minimum atomic E-state index is -3.48. The molecule has 0 atom stereocenters. The van der Waals surface area contributed by atoms with Crippen LogP contribution in [0.5, 0.6) is 0 Å². The molecule has 2 aromatic rings. The molecule has 20 heavy (non-hydrogen) atoms. The van der Waals surface area contributed by atoms with E-state index < -0.39 is 9.84 Å². The molecule has 1 aliphatic carbocycles. The van der Waals surface area contributed by atoms with Gasteiger partial charge in [0.15, 0.2) is 16.1 Å². The Labute approximate surface area is 122 Å². The van der Waals surface area contributed by atoms with Gasteiger partial charge in [-0.3, -0.25) is 4.79 Å². The summed E-state index contributed by atoms with van der Waals surface area (Å²) >= 11 is 5.94. The molecule has 1 aromatic heterocycles. The number of aromatic nitrogens is 1. The Morgan fingerprint density at radius 1 is 1.35 bits per heavy atom. The van der Waals surface area contributed by atoms with Gasteiger partial charge in [0.05, 0.1) is 11.4 Å². The summed E-state index contributed by atoms with van der Waals surface area (Å²) in [6, 6.07) is 4.94. The Balaban J connectivity index is 2.17. The number of halogens is 1. The van der Waals surface area contributed by atoms with Gasteiger partial charge in [0, 0.05) is 15.9 Å². The van der Waals surface area contributed by atoms with Gasteiger partial charge in [-0.1, -0.05) is 18.0 Å². The van der Waals surface area contributed by atoms with Gasteiger partial charge in [0.1, 0.15) is 4.90 Å². The van der Waals surface area contributed by atoms with Gasteiger partial charge in [0.2, 0.25) is 0 Å². The number of sulfone groups is 1. The second kappa shape index (κ2) is 4.90. The highest BCUT2D eigenvalue weighted by Gasteiger charge is 2.30. The molecule has 0 unspecified atom stereocenters. The Bertz CT molecular complexity index is 775. The van der Waals surface area contributed by atoms with E-state index in [1.165, 1.54) is 0 Å². The molecule has 6 heteroatoms. The van der Waals surface area contributed by atoms with Crippen molar-refractivity contribution in [3.8, 4) is 0 Å². The third-order valence-electron chi connectivity index (χ3n) is 3.85. The second-order valence-corrected chi connectivity index (χ2v) is 7.66. The van der Waals surface area contributed by atoms with Crippen LogP contribution in [0.3, 0.4) is 0 Å². The maximum Gasteiger partial charge on any atom is 0.181 e. The second-order valence-electron chi connectivity index (χ2n) is 5.25. The SMILES string of the molecule is O=Cc1[nH]c2ccc(Cl)cc2c1S(=O)(=O)CC1CCC1. The van der Waals surface area contributed by atoms with E-state index in [2.05, 4.69) is 4.98 Å². The number of hydrogen-bond donors (Lipinski definition) is 1. The summed E-state index contributed by atoms with van der Waals surface area (Å²) in [5, 5.41) is 0.952. The van der Waals surface area contributed by atoms with Crippen LogP contribution in [0.4, 0.5) is 0 Å². The highest BCUT2D eigenvalue weighted by Crippen LogP contribution is 2.34. The molecule has 1 aromatic carbocycles. The first-order valence-electron chi connectivity index (χ1n) is 6.50. The van der Waals surface area contributed by atoms with Crippen LogP contribution < -0.4 is 0 Å². The van der Waals surface area contributed by atoms with Gasteiger partial charge in [-0.25, -0.2) is 8.42 Å². The first-order chi connectivity index (χ1) is 9.51. The predicted molar refractivity (Wildman–Crippen MR) is 78.1 cm³/mol. The van der Waals surface area contributed by atoms with Crippen molar-refractivity contribution in [1.29, 1.82) is 0 Å². The minimum absolute atomic E-state index is 0.0944. The summed E-state index contributed by atoms with van der Waals surface area (Å²) in [5.41, 5.74) is 0.727. The summed E-state index contributed by atoms with van der Waals surface area (Å²) < 4.78 is 25.2. The molecule has 1 fully saturated rings. The van der Waals surface area contributed by atoms with Gasteiger partial charge < -0.3 is 4.98 Å². The highest BCUT2D eigenvalue weighted by molar-refractivity contribution is 7.91. The van der Waals surface area contributed by atoms with Gasteiger partial charge in [0.25, 0.3) is 0 Å². The zero-order valence-corrected chi connectivity index (χ0v) is 12.3. The molecule has 106 valence electrons. The fraction of sp³-hybridized carbons (Fsp3) is 0.357. The number of aromatic amines is 1. The van der Waals surface area contributed by atoms with Crippen LogP contribution in [0, 0.1) is 5.92 Å². The molecule has 0 aliphatic heterocycles. The number of rotatable bonds is 4. The van der Waals surface area contributed by atoms with Crippen LogP contribution in [-0.4, -0.2) is 25.4 Å². The quantitative estimate of drug-likeness (QED) is 0.882. The van der Waals surface area contributed by atoms with Crippen molar-refractivity contribution in [3.05, 3.63) is 28.9 Å². The average molecular weight is 312 g/mol. The Kier molecular flexibility index (Phi) is 3.34. The van der Waals surface area contributed by atoms with E-state index in [0.717, 1.165) is 19.3 Å². The smallest absolute Gasteiger partial charge is 0.181 e. The van der Waals surface area contributed by atoms with Crippen LogP contribution in [0.1, 0.15) is 29.8 Å². The lowest BCUT2D eigenvalue weighted by Gasteiger charge is -2.24. The molecule has 4 nitrogen and oxygen atoms in total. The first kappa shape index (κ1) is 13.6. The maximum absolute atomic E-state index is 12.6. The Hall–Kier alpha value is -1.33. The van der Waals surface area contributed by atoms with Gasteiger partial charge in [-0.2, -0.15) is 0 Å². The number of aldehydes is 1. The molecular formula is C14H14ClNO3S. The number of benzene rings is 1. The summed E-state index contributed by atoms with van der Waals surface area (Å²) in [4.78, 5) is 14.1. The highest BCUT2D eigenvalue weighted by atomic mass is 35.5. The van der Waals surface area contributed by atoms with Gasteiger partial charge in [-0.15, -0.1) is 0 Å². The lowest BCUT2D eigenvalue weighted by molar-refractivity contribution is 0.111. The molecule has 1 aliphatic rings. The fourth-order valence-corrected chi connectivity index (χ4v) is 4.86. The summed E-state index contributed by atoms with van der Waals surface area (Å²) in [7, 11) is -3.48. The van der Waals surface area contributed by atoms with E-state index in [1.54, 1.807) is 18.2 Å². The fourth-order valence-electron chi connectivity index (χ4n) is 2.63. The lowest BCUT2D eigenvalue weighted by atomic mass is 9.87. The Morgan fingerprint density at radius 3 is 2.70 bits per heavy atom. The molecule has 1 saturated carbocycles. The standard InChI is InChI=1S/C14H14ClNO3S/c15-10-4-5-12-11(6-10)14(13(7-17)16-12)20(18,19)8-9-2-1-3-9/h4-7,9,16H,1-3,8H2. The normalized spacial score (nSPS) is 16.2. The predicted octanol–water partition coefficient (Wildman–Crippen LogP) is 3.21. The molecule has 0 amide bonds. The number of carbonyl (C=O) groups excluding carboxylic acids is 1. The van der Waals surface area contributed by atoms with Crippen LogP contribution in [-0.2, 0) is 9.84 Å². The monoisotopic (exact) mass is 311 g/mol. The largest absolute Gasteiger partial charge is 0.351 e. The minimum Gasteiger partial charge on any atom is -0.351 e. The van der Waals surface area contributed by atoms with Crippen molar-refractivity contribution in [3.63, 3.8) is 0 Å². The zero-order chi connectivity index (χ0) is 14.3. The average Bonchev–Trinajstić information content (AvgIpc) is 2.72. The third kappa shape index (κ3) is 2.25. The van der Waals surface area contributed by atoms with Gasteiger partial charge >= 0.3 is 0 Å². The van der Waals surface area contributed by atoms with E-state index in [4.69, 9.17) is 11.6 Å².